The third-order valence-corrected chi connectivity index (χ3v) is 5.92. The predicted molar refractivity (Wildman–Crippen MR) is 106 cm³/mol. The zero-order valence-electron chi connectivity index (χ0n) is 15.6. The first-order valence-electron chi connectivity index (χ1n) is 9.38. The Balaban J connectivity index is 1.48. The van der Waals surface area contributed by atoms with Crippen LogP contribution in [0.1, 0.15) is 59.7 Å². The van der Waals surface area contributed by atoms with Gasteiger partial charge in [0.2, 0.25) is 11.7 Å². The standard InChI is InChI=1S/C21H23N3O2S/c1-14(2)15-7-9-16(10-8-15)19-22-20(26-23-19)17-5-3-11-24(13-17)21(25)18-6-4-12-27-18/h4,6-10,12,14,17H,3,5,11,13H2,1-2H3/t17-/m1/s1. The minimum absolute atomic E-state index is 0.0960. The van der Waals surface area contributed by atoms with Crippen molar-refractivity contribution in [2.24, 2.45) is 0 Å². The van der Waals surface area contributed by atoms with Gasteiger partial charge in [0.05, 0.1) is 10.8 Å². The highest BCUT2D eigenvalue weighted by Gasteiger charge is 2.29. The van der Waals surface area contributed by atoms with Crippen molar-refractivity contribution >= 4 is 17.2 Å². The van der Waals surface area contributed by atoms with Gasteiger partial charge in [0, 0.05) is 18.7 Å². The fourth-order valence-corrected chi connectivity index (χ4v) is 4.15. The summed E-state index contributed by atoms with van der Waals surface area (Å²) in [5, 5.41) is 6.10. The number of carbonyl (C=O) groups excluding carboxylic acids is 1. The van der Waals surface area contributed by atoms with Crippen molar-refractivity contribution < 1.29 is 9.32 Å². The second kappa shape index (κ2) is 7.64. The van der Waals surface area contributed by atoms with Crippen molar-refractivity contribution in [3.05, 3.63) is 58.1 Å². The molecule has 3 aromatic rings. The first-order valence-corrected chi connectivity index (χ1v) is 10.3. The largest absolute Gasteiger partial charge is 0.339 e. The number of piperidine rings is 1. The van der Waals surface area contributed by atoms with E-state index in [2.05, 4.69) is 36.1 Å². The Bertz CT molecular complexity index is 900. The zero-order chi connectivity index (χ0) is 18.8. The molecule has 1 saturated heterocycles. The molecule has 1 atom stereocenters. The monoisotopic (exact) mass is 381 g/mol. The Morgan fingerprint density at radius 1 is 1.26 bits per heavy atom. The SMILES string of the molecule is CC(C)c1ccc(-c2noc([C@@H]3CCCN(C(=O)c4cccs4)C3)n2)cc1. The number of amides is 1. The first-order chi connectivity index (χ1) is 13.1. The molecule has 5 nitrogen and oxygen atoms in total. The van der Waals surface area contributed by atoms with Crippen molar-refractivity contribution in [2.75, 3.05) is 13.1 Å². The molecule has 0 aliphatic carbocycles. The molecule has 1 aliphatic heterocycles. The molecule has 6 heteroatoms. The molecule has 3 heterocycles. The van der Waals surface area contributed by atoms with E-state index in [0.29, 0.717) is 24.2 Å². The average Bonchev–Trinajstić information content (AvgIpc) is 3.40. The van der Waals surface area contributed by atoms with Crippen LogP contribution in [0.4, 0.5) is 0 Å². The lowest BCUT2D eigenvalue weighted by Crippen LogP contribution is -2.38. The number of benzene rings is 1. The quantitative estimate of drug-likeness (QED) is 0.642. The molecule has 0 bridgehead atoms. The molecule has 1 aromatic carbocycles. The molecule has 0 unspecified atom stereocenters. The van der Waals surface area contributed by atoms with Gasteiger partial charge in [-0.2, -0.15) is 4.98 Å². The highest BCUT2D eigenvalue weighted by Crippen LogP contribution is 2.29. The topological polar surface area (TPSA) is 59.2 Å². The molecule has 4 rings (SSSR count). The van der Waals surface area contributed by atoms with Crippen LogP contribution in [0.5, 0.6) is 0 Å². The van der Waals surface area contributed by atoms with Crippen LogP contribution in [-0.4, -0.2) is 34.0 Å². The highest BCUT2D eigenvalue weighted by molar-refractivity contribution is 7.12. The highest BCUT2D eigenvalue weighted by atomic mass is 32.1. The number of aromatic nitrogens is 2. The number of hydrogen-bond donors (Lipinski definition) is 0. The first kappa shape index (κ1) is 17.9. The summed E-state index contributed by atoms with van der Waals surface area (Å²) in [5.41, 5.74) is 2.24. The van der Waals surface area contributed by atoms with Gasteiger partial charge in [-0.3, -0.25) is 4.79 Å². The molecule has 0 spiro atoms. The van der Waals surface area contributed by atoms with E-state index in [1.54, 1.807) is 0 Å². The smallest absolute Gasteiger partial charge is 0.263 e. The van der Waals surface area contributed by atoms with E-state index in [4.69, 9.17) is 4.52 Å². The second-order valence-corrected chi connectivity index (χ2v) is 8.25. The number of nitrogens with zero attached hydrogens (tertiary/aromatic N) is 3. The Hall–Kier alpha value is -2.47. The van der Waals surface area contributed by atoms with Crippen LogP contribution < -0.4 is 0 Å². The van der Waals surface area contributed by atoms with Gasteiger partial charge in [0.15, 0.2) is 0 Å². The van der Waals surface area contributed by atoms with Gasteiger partial charge in [0.1, 0.15) is 0 Å². The molecule has 0 saturated carbocycles. The molecule has 0 radical (unpaired) electrons. The van der Waals surface area contributed by atoms with Crippen LogP contribution in [0.25, 0.3) is 11.4 Å². The minimum atomic E-state index is 0.0960. The lowest BCUT2D eigenvalue weighted by Gasteiger charge is -2.30. The Morgan fingerprint density at radius 2 is 2.07 bits per heavy atom. The Labute approximate surface area is 163 Å². The van der Waals surface area contributed by atoms with Gasteiger partial charge < -0.3 is 9.42 Å². The molecular formula is C21H23N3O2S. The number of thiophene rings is 1. The minimum Gasteiger partial charge on any atom is -0.339 e. The van der Waals surface area contributed by atoms with Crippen molar-refractivity contribution in [1.29, 1.82) is 0 Å². The van der Waals surface area contributed by atoms with E-state index in [-0.39, 0.29) is 11.8 Å². The van der Waals surface area contributed by atoms with Crippen LogP contribution in [0, 0.1) is 0 Å². The summed E-state index contributed by atoms with van der Waals surface area (Å²) >= 11 is 1.48. The summed E-state index contributed by atoms with van der Waals surface area (Å²) in [6, 6.07) is 12.1. The molecule has 140 valence electrons. The van der Waals surface area contributed by atoms with Crippen LogP contribution in [0.3, 0.4) is 0 Å². The molecule has 27 heavy (non-hydrogen) atoms. The van der Waals surface area contributed by atoms with E-state index >= 15 is 0 Å². The molecular weight excluding hydrogens is 358 g/mol. The van der Waals surface area contributed by atoms with Crippen molar-refractivity contribution in [3.63, 3.8) is 0 Å². The third-order valence-electron chi connectivity index (χ3n) is 5.07. The lowest BCUT2D eigenvalue weighted by molar-refractivity contribution is 0.0700. The van der Waals surface area contributed by atoms with Crippen molar-refractivity contribution in [1.82, 2.24) is 15.0 Å². The van der Waals surface area contributed by atoms with Crippen molar-refractivity contribution in [2.45, 2.75) is 38.5 Å². The normalized spacial score (nSPS) is 17.4. The van der Waals surface area contributed by atoms with Gasteiger partial charge in [-0.1, -0.05) is 49.3 Å². The third kappa shape index (κ3) is 3.81. The fourth-order valence-electron chi connectivity index (χ4n) is 3.45. The lowest BCUT2D eigenvalue weighted by atomic mass is 9.97. The zero-order valence-corrected chi connectivity index (χ0v) is 16.4. The van der Waals surface area contributed by atoms with E-state index in [1.165, 1.54) is 16.9 Å². The summed E-state index contributed by atoms with van der Waals surface area (Å²) in [6.45, 7) is 5.76. The van der Waals surface area contributed by atoms with Gasteiger partial charge in [-0.15, -0.1) is 11.3 Å². The summed E-state index contributed by atoms with van der Waals surface area (Å²) in [6.07, 6.45) is 1.91. The van der Waals surface area contributed by atoms with Gasteiger partial charge >= 0.3 is 0 Å². The van der Waals surface area contributed by atoms with Gasteiger partial charge in [-0.05, 0) is 35.8 Å². The Morgan fingerprint density at radius 3 is 2.78 bits per heavy atom. The van der Waals surface area contributed by atoms with E-state index in [9.17, 15) is 4.79 Å². The molecule has 0 N–H and O–H groups in total. The van der Waals surface area contributed by atoms with Crippen LogP contribution >= 0.6 is 11.3 Å². The second-order valence-electron chi connectivity index (χ2n) is 7.30. The average molecular weight is 382 g/mol. The maximum Gasteiger partial charge on any atom is 0.263 e. The summed E-state index contributed by atoms with van der Waals surface area (Å²) in [5.74, 6) is 1.93. The molecule has 1 fully saturated rings. The summed E-state index contributed by atoms with van der Waals surface area (Å²) < 4.78 is 5.56. The van der Waals surface area contributed by atoms with E-state index in [1.807, 2.05) is 34.5 Å². The number of carbonyl (C=O) groups is 1. The van der Waals surface area contributed by atoms with Gasteiger partial charge in [-0.25, -0.2) is 0 Å². The molecule has 2 aromatic heterocycles. The van der Waals surface area contributed by atoms with Crippen molar-refractivity contribution in [3.8, 4) is 11.4 Å². The summed E-state index contributed by atoms with van der Waals surface area (Å²) in [7, 11) is 0. The Kier molecular flexibility index (Phi) is 5.07. The van der Waals surface area contributed by atoms with E-state index in [0.717, 1.165) is 29.8 Å². The maximum atomic E-state index is 12.6. The number of likely N-dealkylation sites (tertiary alicyclic amines) is 1. The van der Waals surface area contributed by atoms with Crippen LogP contribution in [0.15, 0.2) is 46.3 Å². The van der Waals surface area contributed by atoms with Crippen LogP contribution in [-0.2, 0) is 0 Å². The fraction of sp³-hybridized carbons (Fsp3) is 0.381. The predicted octanol–water partition coefficient (Wildman–Crippen LogP) is 4.94. The molecule has 1 amide bonds. The number of hydrogen-bond acceptors (Lipinski definition) is 5. The van der Waals surface area contributed by atoms with E-state index < -0.39 is 0 Å². The number of rotatable bonds is 4. The van der Waals surface area contributed by atoms with Gasteiger partial charge in [0.25, 0.3) is 5.91 Å². The van der Waals surface area contributed by atoms with Crippen LogP contribution in [0.2, 0.25) is 0 Å². The summed E-state index contributed by atoms with van der Waals surface area (Å²) in [4.78, 5) is 19.9. The molecule has 1 aliphatic rings. The maximum absolute atomic E-state index is 12.6.